The molecular weight excluding hydrogens is 118 g/mol. The number of carbonyl (C=O) groups excluding carboxylic acids is 1. The summed E-state index contributed by atoms with van der Waals surface area (Å²) >= 11 is 0. The Morgan fingerprint density at radius 1 is 1.67 bits per heavy atom. The molecule has 0 bridgehead atoms. The molecule has 0 aromatic heterocycles. The van der Waals surface area contributed by atoms with Crippen LogP contribution in [-0.4, -0.2) is 5.97 Å². The van der Waals surface area contributed by atoms with Crippen LogP contribution in [0.4, 0.5) is 0 Å². The van der Waals surface area contributed by atoms with Gasteiger partial charge in [-0.2, -0.15) is 5.90 Å². The topological polar surface area (TPSA) is 52.3 Å². The van der Waals surface area contributed by atoms with E-state index >= 15 is 0 Å². The summed E-state index contributed by atoms with van der Waals surface area (Å²) in [5.41, 5.74) is 0.385. The maximum atomic E-state index is 10.7. The molecule has 2 fully saturated rings. The number of rotatable bonds is 1. The van der Waals surface area contributed by atoms with Crippen molar-refractivity contribution in [2.45, 2.75) is 19.3 Å². The van der Waals surface area contributed by atoms with Gasteiger partial charge in [0.25, 0.3) is 0 Å². The normalized spacial score (nSPS) is 34.1. The van der Waals surface area contributed by atoms with Crippen molar-refractivity contribution in [1.29, 1.82) is 0 Å². The van der Waals surface area contributed by atoms with Crippen LogP contribution < -0.4 is 5.90 Å². The molecule has 2 rings (SSSR count). The maximum absolute atomic E-state index is 10.7. The third kappa shape index (κ3) is 0.580. The molecule has 2 saturated carbocycles. The standard InChI is InChI=1S/C6H9NO2/c7-9-5(8)4-3-6(4)1-2-6/h4H,1-3,7H2. The molecule has 0 aliphatic heterocycles. The highest BCUT2D eigenvalue weighted by Crippen LogP contribution is 2.70. The van der Waals surface area contributed by atoms with Crippen molar-refractivity contribution < 1.29 is 9.63 Å². The Balaban J connectivity index is 1.96. The average Bonchev–Trinajstić information content (AvgIpc) is 2.74. The first kappa shape index (κ1) is 5.23. The zero-order valence-corrected chi connectivity index (χ0v) is 5.09. The summed E-state index contributed by atoms with van der Waals surface area (Å²) in [5, 5.41) is 0. The van der Waals surface area contributed by atoms with Crippen molar-refractivity contribution in [2.24, 2.45) is 17.2 Å². The van der Waals surface area contributed by atoms with Gasteiger partial charge in [-0.15, -0.1) is 0 Å². The number of carbonyl (C=O) groups is 1. The number of nitrogens with two attached hydrogens (primary N) is 1. The molecule has 50 valence electrons. The molecule has 0 amide bonds. The minimum absolute atomic E-state index is 0.155. The first-order valence-electron chi connectivity index (χ1n) is 3.19. The van der Waals surface area contributed by atoms with Crippen LogP contribution in [0, 0.1) is 11.3 Å². The second-order valence-corrected chi connectivity index (χ2v) is 3.06. The molecule has 0 heterocycles. The molecule has 0 saturated heterocycles. The summed E-state index contributed by atoms with van der Waals surface area (Å²) in [5.74, 6) is 4.65. The van der Waals surface area contributed by atoms with Crippen LogP contribution in [0.1, 0.15) is 19.3 Å². The molecule has 2 aliphatic rings. The molecule has 0 aromatic rings. The lowest BCUT2D eigenvalue weighted by atomic mass is 10.3. The third-order valence-corrected chi connectivity index (χ3v) is 2.48. The minimum atomic E-state index is -0.215. The van der Waals surface area contributed by atoms with E-state index < -0.39 is 0 Å². The highest BCUT2D eigenvalue weighted by molar-refractivity contribution is 5.77. The van der Waals surface area contributed by atoms with Gasteiger partial charge in [0.05, 0.1) is 5.92 Å². The highest BCUT2D eigenvalue weighted by Gasteiger charge is 2.66. The van der Waals surface area contributed by atoms with Gasteiger partial charge in [0, 0.05) is 0 Å². The summed E-state index contributed by atoms with van der Waals surface area (Å²) < 4.78 is 0. The van der Waals surface area contributed by atoms with E-state index in [1.165, 1.54) is 12.8 Å². The Morgan fingerprint density at radius 2 is 2.33 bits per heavy atom. The fourth-order valence-electron chi connectivity index (χ4n) is 1.48. The molecule has 0 aromatic carbocycles. The van der Waals surface area contributed by atoms with Crippen LogP contribution in [0.5, 0.6) is 0 Å². The van der Waals surface area contributed by atoms with Crippen molar-refractivity contribution in [3.63, 3.8) is 0 Å². The second kappa shape index (κ2) is 1.29. The first-order valence-corrected chi connectivity index (χ1v) is 3.19. The summed E-state index contributed by atoms with van der Waals surface area (Å²) in [6, 6.07) is 0. The monoisotopic (exact) mass is 127 g/mol. The summed E-state index contributed by atoms with van der Waals surface area (Å²) in [7, 11) is 0. The lowest BCUT2D eigenvalue weighted by molar-refractivity contribution is -0.146. The van der Waals surface area contributed by atoms with E-state index in [1.54, 1.807) is 0 Å². The molecule has 3 heteroatoms. The Bertz CT molecular complexity index is 162. The van der Waals surface area contributed by atoms with Gasteiger partial charge in [0.2, 0.25) is 0 Å². The van der Waals surface area contributed by atoms with E-state index in [4.69, 9.17) is 5.90 Å². The minimum Gasteiger partial charge on any atom is -0.373 e. The van der Waals surface area contributed by atoms with E-state index in [-0.39, 0.29) is 11.9 Å². The number of hydrogen-bond acceptors (Lipinski definition) is 3. The van der Waals surface area contributed by atoms with Gasteiger partial charge < -0.3 is 4.84 Å². The van der Waals surface area contributed by atoms with E-state index in [1.807, 2.05) is 0 Å². The molecule has 9 heavy (non-hydrogen) atoms. The molecule has 3 nitrogen and oxygen atoms in total. The zero-order chi connectivity index (χ0) is 6.48. The largest absolute Gasteiger partial charge is 0.373 e. The van der Waals surface area contributed by atoms with E-state index in [9.17, 15) is 4.79 Å². The van der Waals surface area contributed by atoms with Crippen LogP contribution in [0.25, 0.3) is 0 Å². The quantitative estimate of drug-likeness (QED) is 0.512. The Labute approximate surface area is 53.1 Å². The fraction of sp³-hybridized carbons (Fsp3) is 0.833. The first-order chi connectivity index (χ1) is 4.28. The van der Waals surface area contributed by atoms with E-state index in [0.29, 0.717) is 5.41 Å². The highest BCUT2D eigenvalue weighted by atomic mass is 16.7. The molecule has 2 aliphatic carbocycles. The smallest absolute Gasteiger partial charge is 0.328 e. The van der Waals surface area contributed by atoms with Gasteiger partial charge in [-0.05, 0) is 24.7 Å². The molecule has 2 N–H and O–H groups in total. The number of hydrogen-bond donors (Lipinski definition) is 1. The Hall–Kier alpha value is -0.570. The van der Waals surface area contributed by atoms with Gasteiger partial charge in [0.15, 0.2) is 0 Å². The van der Waals surface area contributed by atoms with Gasteiger partial charge in [-0.3, -0.25) is 4.79 Å². The summed E-state index contributed by atoms with van der Waals surface area (Å²) in [6.45, 7) is 0. The summed E-state index contributed by atoms with van der Waals surface area (Å²) in [6.07, 6.45) is 3.42. The van der Waals surface area contributed by atoms with Gasteiger partial charge in [0.1, 0.15) is 0 Å². The SMILES string of the molecule is NOC(=O)C1CC12CC2. The zero-order valence-electron chi connectivity index (χ0n) is 5.09. The van der Waals surface area contributed by atoms with Crippen LogP contribution in [0.15, 0.2) is 0 Å². The van der Waals surface area contributed by atoms with Crippen LogP contribution in [-0.2, 0) is 9.63 Å². The van der Waals surface area contributed by atoms with Crippen LogP contribution in [0.2, 0.25) is 0 Å². The Kier molecular flexibility index (Phi) is 0.750. The van der Waals surface area contributed by atoms with Crippen molar-refractivity contribution in [3.05, 3.63) is 0 Å². The molecule has 1 spiro atoms. The van der Waals surface area contributed by atoms with Crippen molar-refractivity contribution >= 4 is 5.97 Å². The third-order valence-electron chi connectivity index (χ3n) is 2.48. The van der Waals surface area contributed by atoms with Gasteiger partial charge >= 0.3 is 5.97 Å². The van der Waals surface area contributed by atoms with Crippen LogP contribution >= 0.6 is 0 Å². The van der Waals surface area contributed by atoms with Crippen LogP contribution in [0.3, 0.4) is 0 Å². The van der Waals surface area contributed by atoms with E-state index in [2.05, 4.69) is 4.84 Å². The van der Waals surface area contributed by atoms with Crippen molar-refractivity contribution in [2.75, 3.05) is 0 Å². The predicted molar refractivity (Wildman–Crippen MR) is 30.1 cm³/mol. The molecule has 1 unspecified atom stereocenters. The van der Waals surface area contributed by atoms with Crippen molar-refractivity contribution in [3.8, 4) is 0 Å². The lowest BCUT2D eigenvalue weighted by Crippen LogP contribution is -2.12. The van der Waals surface area contributed by atoms with E-state index in [0.717, 1.165) is 6.42 Å². The Morgan fingerprint density at radius 3 is 2.67 bits per heavy atom. The molecular formula is C6H9NO2. The average molecular weight is 127 g/mol. The van der Waals surface area contributed by atoms with Gasteiger partial charge in [-0.1, -0.05) is 0 Å². The predicted octanol–water partition coefficient (Wildman–Crippen LogP) is 0.203. The molecule has 1 atom stereocenters. The molecule has 0 radical (unpaired) electrons. The van der Waals surface area contributed by atoms with Crippen molar-refractivity contribution in [1.82, 2.24) is 0 Å². The second-order valence-electron chi connectivity index (χ2n) is 3.06. The maximum Gasteiger partial charge on any atom is 0.328 e. The lowest BCUT2D eigenvalue weighted by Gasteiger charge is -1.91. The van der Waals surface area contributed by atoms with Gasteiger partial charge in [-0.25, -0.2) is 0 Å². The fourth-order valence-corrected chi connectivity index (χ4v) is 1.48. The summed E-state index contributed by atoms with van der Waals surface area (Å²) in [4.78, 5) is 14.8.